The van der Waals surface area contributed by atoms with Crippen molar-refractivity contribution in [3.05, 3.63) is 53.0 Å². The Morgan fingerprint density at radius 2 is 2.07 bits per heavy atom. The Labute approximate surface area is 165 Å². The molecule has 0 bridgehead atoms. The number of fused-ring (bicyclic) bond motifs is 2. The van der Waals surface area contributed by atoms with Gasteiger partial charge in [0.2, 0.25) is 0 Å². The zero-order valence-corrected chi connectivity index (χ0v) is 16.8. The fourth-order valence-electron chi connectivity index (χ4n) is 4.50. The molecule has 2 aliphatic rings. The number of nitrogens with one attached hydrogen (secondary N) is 1. The van der Waals surface area contributed by atoms with Crippen molar-refractivity contribution in [2.75, 3.05) is 31.1 Å². The van der Waals surface area contributed by atoms with Gasteiger partial charge in [0.15, 0.2) is 5.58 Å². The molecule has 1 aromatic carbocycles. The van der Waals surface area contributed by atoms with E-state index in [1.54, 1.807) is 0 Å². The first-order valence-electron chi connectivity index (χ1n) is 10.2. The van der Waals surface area contributed by atoms with Crippen LogP contribution in [0.1, 0.15) is 35.6 Å². The SMILES string of the molecule is Cc1cc2cc(C3COc4cc(N5CCN[C@H](C)C5)ccc4C3)oc2c(C)n1. The summed E-state index contributed by atoms with van der Waals surface area (Å²) >= 11 is 0. The number of pyridine rings is 1. The van der Waals surface area contributed by atoms with Crippen LogP contribution in [0.15, 0.2) is 34.7 Å². The molecule has 4 heterocycles. The highest BCUT2D eigenvalue weighted by Gasteiger charge is 2.26. The quantitative estimate of drug-likeness (QED) is 0.733. The van der Waals surface area contributed by atoms with Crippen LogP contribution in [0.3, 0.4) is 0 Å². The van der Waals surface area contributed by atoms with E-state index in [0.29, 0.717) is 12.6 Å². The molecule has 0 amide bonds. The van der Waals surface area contributed by atoms with Crippen LogP contribution in [0, 0.1) is 13.8 Å². The van der Waals surface area contributed by atoms with E-state index in [0.717, 1.165) is 59.9 Å². The molecule has 1 fully saturated rings. The number of piperazine rings is 1. The molecule has 0 aliphatic carbocycles. The fraction of sp³-hybridized carbons (Fsp3) is 0.435. The van der Waals surface area contributed by atoms with Crippen molar-refractivity contribution in [1.82, 2.24) is 10.3 Å². The van der Waals surface area contributed by atoms with Gasteiger partial charge in [-0.3, -0.25) is 4.98 Å². The van der Waals surface area contributed by atoms with Crippen LogP contribution >= 0.6 is 0 Å². The Balaban J connectivity index is 1.39. The van der Waals surface area contributed by atoms with Crippen LogP contribution in [-0.2, 0) is 6.42 Å². The summed E-state index contributed by atoms with van der Waals surface area (Å²) in [6.07, 6.45) is 0.943. The molecule has 5 nitrogen and oxygen atoms in total. The molecule has 2 aromatic heterocycles. The van der Waals surface area contributed by atoms with Gasteiger partial charge in [0.05, 0.1) is 18.2 Å². The van der Waals surface area contributed by atoms with Crippen LogP contribution in [0.5, 0.6) is 5.75 Å². The Morgan fingerprint density at radius 3 is 2.93 bits per heavy atom. The van der Waals surface area contributed by atoms with Crippen molar-refractivity contribution in [2.24, 2.45) is 0 Å². The van der Waals surface area contributed by atoms with Gasteiger partial charge in [-0.25, -0.2) is 0 Å². The highest BCUT2D eigenvalue weighted by molar-refractivity contribution is 5.80. The van der Waals surface area contributed by atoms with Crippen molar-refractivity contribution in [3.8, 4) is 5.75 Å². The van der Waals surface area contributed by atoms with E-state index >= 15 is 0 Å². The first-order chi connectivity index (χ1) is 13.6. The Bertz CT molecular complexity index is 1030. The van der Waals surface area contributed by atoms with E-state index in [1.165, 1.54) is 11.3 Å². The predicted octanol–water partition coefficient (Wildman–Crippen LogP) is 3.96. The van der Waals surface area contributed by atoms with E-state index in [1.807, 2.05) is 13.8 Å². The summed E-state index contributed by atoms with van der Waals surface area (Å²) in [5.74, 6) is 2.26. The standard InChI is InChI=1S/C23H27N3O2/c1-14-8-18-10-22(28-23(18)16(3)25-14)19-9-17-4-5-20(11-21(17)27-13-19)26-7-6-24-15(2)12-26/h4-5,8,10-11,15,19,24H,6-7,9,12-13H2,1-3H3/t15-,19?/m1/s1. The minimum atomic E-state index is 0.240. The molecule has 146 valence electrons. The molecule has 1 N–H and O–H groups in total. The maximum atomic E-state index is 6.18. The van der Waals surface area contributed by atoms with Gasteiger partial charge in [0.1, 0.15) is 11.5 Å². The number of furan rings is 1. The third-order valence-corrected chi connectivity index (χ3v) is 5.91. The Morgan fingerprint density at radius 1 is 1.18 bits per heavy atom. The molecule has 2 aliphatic heterocycles. The minimum Gasteiger partial charge on any atom is -0.492 e. The summed E-state index contributed by atoms with van der Waals surface area (Å²) in [5.41, 5.74) is 5.39. The van der Waals surface area contributed by atoms with Crippen molar-refractivity contribution in [2.45, 2.75) is 39.2 Å². The lowest BCUT2D eigenvalue weighted by atomic mass is 9.94. The van der Waals surface area contributed by atoms with Crippen molar-refractivity contribution in [1.29, 1.82) is 0 Å². The number of aromatic nitrogens is 1. The van der Waals surface area contributed by atoms with Gasteiger partial charge in [0, 0.05) is 48.5 Å². The van der Waals surface area contributed by atoms with E-state index < -0.39 is 0 Å². The third kappa shape index (κ3) is 3.14. The van der Waals surface area contributed by atoms with Crippen LogP contribution in [-0.4, -0.2) is 37.3 Å². The highest BCUT2D eigenvalue weighted by atomic mass is 16.5. The van der Waals surface area contributed by atoms with E-state index in [2.05, 4.69) is 52.5 Å². The van der Waals surface area contributed by atoms with Gasteiger partial charge in [-0.15, -0.1) is 0 Å². The number of rotatable bonds is 2. The molecular weight excluding hydrogens is 350 g/mol. The molecule has 5 heteroatoms. The lowest BCUT2D eigenvalue weighted by Gasteiger charge is -2.34. The van der Waals surface area contributed by atoms with Gasteiger partial charge >= 0.3 is 0 Å². The van der Waals surface area contributed by atoms with Crippen molar-refractivity contribution >= 4 is 16.7 Å². The molecule has 1 saturated heterocycles. The number of benzene rings is 1. The second-order valence-corrected chi connectivity index (χ2v) is 8.22. The molecule has 0 radical (unpaired) electrons. The lowest BCUT2D eigenvalue weighted by Crippen LogP contribution is -2.49. The van der Waals surface area contributed by atoms with Crippen LogP contribution in [0.2, 0.25) is 0 Å². The molecule has 1 unspecified atom stereocenters. The van der Waals surface area contributed by atoms with E-state index in [-0.39, 0.29) is 5.92 Å². The fourth-order valence-corrected chi connectivity index (χ4v) is 4.50. The van der Waals surface area contributed by atoms with Gasteiger partial charge in [-0.2, -0.15) is 0 Å². The summed E-state index contributed by atoms with van der Waals surface area (Å²) in [7, 11) is 0. The highest BCUT2D eigenvalue weighted by Crippen LogP contribution is 2.37. The van der Waals surface area contributed by atoms with E-state index in [9.17, 15) is 0 Å². The maximum absolute atomic E-state index is 6.18. The van der Waals surface area contributed by atoms with Gasteiger partial charge in [-0.05, 0) is 51.0 Å². The summed E-state index contributed by atoms with van der Waals surface area (Å²) in [6, 6.07) is 11.4. The van der Waals surface area contributed by atoms with Gasteiger partial charge < -0.3 is 19.4 Å². The molecular formula is C23H27N3O2. The zero-order valence-electron chi connectivity index (χ0n) is 16.8. The van der Waals surface area contributed by atoms with Crippen LogP contribution in [0.4, 0.5) is 5.69 Å². The van der Waals surface area contributed by atoms with Gasteiger partial charge in [0.25, 0.3) is 0 Å². The number of nitrogens with zero attached hydrogens (tertiary/aromatic N) is 2. The first-order valence-corrected chi connectivity index (χ1v) is 10.2. The predicted molar refractivity (Wildman–Crippen MR) is 112 cm³/mol. The summed E-state index contributed by atoms with van der Waals surface area (Å²) in [5, 5.41) is 4.63. The van der Waals surface area contributed by atoms with Gasteiger partial charge in [-0.1, -0.05) is 6.07 Å². The molecule has 3 aromatic rings. The lowest BCUT2D eigenvalue weighted by molar-refractivity contribution is 0.247. The largest absolute Gasteiger partial charge is 0.492 e. The van der Waals surface area contributed by atoms with E-state index in [4.69, 9.17) is 9.15 Å². The topological polar surface area (TPSA) is 50.5 Å². The minimum absolute atomic E-state index is 0.240. The van der Waals surface area contributed by atoms with Crippen molar-refractivity contribution in [3.63, 3.8) is 0 Å². The Kier molecular flexibility index (Phi) is 4.27. The number of anilines is 1. The number of hydrogen-bond donors (Lipinski definition) is 1. The molecule has 0 saturated carbocycles. The number of aryl methyl sites for hydroxylation is 2. The smallest absolute Gasteiger partial charge is 0.155 e. The zero-order chi connectivity index (χ0) is 19.3. The number of hydrogen-bond acceptors (Lipinski definition) is 5. The summed E-state index contributed by atoms with van der Waals surface area (Å²) < 4.78 is 12.4. The third-order valence-electron chi connectivity index (χ3n) is 5.91. The molecule has 2 atom stereocenters. The average molecular weight is 377 g/mol. The van der Waals surface area contributed by atoms with Crippen molar-refractivity contribution < 1.29 is 9.15 Å². The maximum Gasteiger partial charge on any atom is 0.155 e. The second-order valence-electron chi connectivity index (χ2n) is 8.22. The first kappa shape index (κ1) is 17.6. The molecule has 0 spiro atoms. The Hall–Kier alpha value is -2.53. The van der Waals surface area contributed by atoms with Crippen LogP contribution < -0.4 is 15.0 Å². The summed E-state index contributed by atoms with van der Waals surface area (Å²) in [6.45, 7) is 10.0. The normalized spacial score (nSPS) is 22.2. The average Bonchev–Trinajstić information content (AvgIpc) is 3.11. The molecule has 5 rings (SSSR count). The van der Waals surface area contributed by atoms with Crippen LogP contribution in [0.25, 0.3) is 11.0 Å². The molecule has 28 heavy (non-hydrogen) atoms. The number of ether oxygens (including phenoxy) is 1. The second kappa shape index (κ2) is 6.82. The summed E-state index contributed by atoms with van der Waals surface area (Å²) in [4.78, 5) is 6.96. The monoisotopic (exact) mass is 377 g/mol.